The molecular weight excluding hydrogens is 306 g/mol. The molecule has 2 rings (SSSR count). The monoisotopic (exact) mass is 315 g/mol. The van der Waals surface area contributed by atoms with Gasteiger partial charge in [0.25, 0.3) is 11.9 Å². The number of hydrogen-bond donors (Lipinski definition) is 1. The highest BCUT2D eigenvalue weighted by molar-refractivity contribution is 7.98. The summed E-state index contributed by atoms with van der Waals surface area (Å²) in [5.74, 6) is -6.75. The average molecular weight is 315 g/mol. The summed E-state index contributed by atoms with van der Waals surface area (Å²) in [4.78, 5) is 3.48. The molecule has 3 nitrogen and oxygen atoms in total. The van der Waals surface area contributed by atoms with E-state index in [9.17, 15) is 17.6 Å². The van der Waals surface area contributed by atoms with Gasteiger partial charge in [-0.1, -0.05) is 12.1 Å². The molecule has 1 heterocycles. The maximum Gasteiger partial charge on any atom is 0.254 e. The maximum absolute atomic E-state index is 13.3. The van der Waals surface area contributed by atoms with Gasteiger partial charge < -0.3 is 0 Å². The van der Waals surface area contributed by atoms with E-state index < -0.39 is 29.2 Å². The first-order chi connectivity index (χ1) is 10.0. The number of thioether (sulfide) groups is 1. The first-order valence-electron chi connectivity index (χ1n) is 5.66. The zero-order valence-electron chi connectivity index (χ0n) is 10.7. The standard InChI is InChI=1S/C13H9F4N3S/c1-21-8-4-2-7(3-5-8)6-18-20-11-9(14)12(16)19-13(17)10(11)15/h2-6H,1H3,(H,19,20)/b18-6-. The van der Waals surface area contributed by atoms with Crippen molar-refractivity contribution < 1.29 is 17.6 Å². The summed E-state index contributed by atoms with van der Waals surface area (Å²) in [5, 5.41) is 3.55. The fraction of sp³-hybridized carbons (Fsp3) is 0.0769. The van der Waals surface area contributed by atoms with Gasteiger partial charge in [-0.25, -0.2) is 0 Å². The number of hydrazone groups is 1. The van der Waals surface area contributed by atoms with Crippen molar-refractivity contribution in [1.29, 1.82) is 0 Å². The zero-order valence-corrected chi connectivity index (χ0v) is 11.5. The average Bonchev–Trinajstić information content (AvgIpc) is 2.49. The number of hydrogen-bond acceptors (Lipinski definition) is 4. The second-order valence-electron chi connectivity index (χ2n) is 3.84. The van der Waals surface area contributed by atoms with Crippen molar-refractivity contribution in [2.24, 2.45) is 5.10 Å². The topological polar surface area (TPSA) is 37.3 Å². The van der Waals surface area contributed by atoms with Crippen LogP contribution in [0.1, 0.15) is 5.56 Å². The largest absolute Gasteiger partial charge is 0.272 e. The maximum atomic E-state index is 13.3. The van der Waals surface area contributed by atoms with Gasteiger partial charge in [0, 0.05) is 4.90 Å². The third-order valence-electron chi connectivity index (χ3n) is 2.50. The van der Waals surface area contributed by atoms with E-state index in [0.717, 1.165) is 4.90 Å². The van der Waals surface area contributed by atoms with Crippen LogP contribution in [0.3, 0.4) is 0 Å². The van der Waals surface area contributed by atoms with E-state index >= 15 is 0 Å². The van der Waals surface area contributed by atoms with Crippen molar-refractivity contribution in [3.63, 3.8) is 0 Å². The van der Waals surface area contributed by atoms with Crippen LogP contribution in [0.5, 0.6) is 0 Å². The number of benzene rings is 1. The number of halogens is 4. The fourth-order valence-electron chi connectivity index (χ4n) is 1.45. The third kappa shape index (κ3) is 3.52. The first-order valence-corrected chi connectivity index (χ1v) is 6.88. The zero-order chi connectivity index (χ0) is 15.4. The van der Waals surface area contributed by atoms with Gasteiger partial charge in [0.15, 0.2) is 0 Å². The Morgan fingerprint density at radius 3 is 2.14 bits per heavy atom. The minimum atomic E-state index is -1.74. The SMILES string of the molecule is CSc1ccc(/C=N\Nc2c(F)c(F)nc(F)c2F)cc1. The van der Waals surface area contributed by atoms with Crippen molar-refractivity contribution in [3.05, 3.63) is 53.4 Å². The van der Waals surface area contributed by atoms with E-state index in [-0.39, 0.29) is 0 Å². The van der Waals surface area contributed by atoms with Gasteiger partial charge in [-0.05, 0) is 24.0 Å². The molecule has 21 heavy (non-hydrogen) atoms. The number of rotatable bonds is 4. The summed E-state index contributed by atoms with van der Waals surface area (Å²) in [6.45, 7) is 0. The minimum absolute atomic E-state index is 0.649. The van der Waals surface area contributed by atoms with E-state index in [1.807, 2.05) is 23.8 Å². The van der Waals surface area contributed by atoms with Crippen LogP contribution in [0.15, 0.2) is 34.3 Å². The Bertz CT molecular complexity index is 648. The van der Waals surface area contributed by atoms with Crippen LogP contribution in [0.2, 0.25) is 0 Å². The number of anilines is 1. The van der Waals surface area contributed by atoms with Gasteiger partial charge in [-0.2, -0.15) is 27.6 Å². The third-order valence-corrected chi connectivity index (χ3v) is 3.25. The summed E-state index contributed by atoms with van der Waals surface area (Å²) in [7, 11) is 0. The molecule has 0 spiro atoms. The van der Waals surface area contributed by atoms with Crippen LogP contribution in [-0.2, 0) is 0 Å². The molecule has 1 aromatic carbocycles. The molecule has 0 aliphatic heterocycles. The normalized spacial score (nSPS) is 11.1. The summed E-state index contributed by atoms with van der Waals surface area (Å²) in [6.07, 6.45) is 3.18. The number of nitrogens with zero attached hydrogens (tertiary/aromatic N) is 2. The van der Waals surface area contributed by atoms with Crippen LogP contribution in [0.4, 0.5) is 23.2 Å². The van der Waals surface area contributed by atoms with E-state index in [1.165, 1.54) is 6.21 Å². The predicted octanol–water partition coefficient (Wildman–Crippen LogP) is 3.81. The van der Waals surface area contributed by atoms with E-state index in [1.54, 1.807) is 23.9 Å². The molecule has 0 bridgehead atoms. The van der Waals surface area contributed by atoms with Gasteiger partial charge in [0.05, 0.1) is 6.21 Å². The van der Waals surface area contributed by atoms with Gasteiger partial charge in [-0.3, -0.25) is 5.43 Å². The van der Waals surface area contributed by atoms with Crippen LogP contribution in [0, 0.1) is 23.5 Å². The quantitative estimate of drug-likeness (QED) is 0.306. The number of aromatic nitrogens is 1. The number of nitrogens with one attached hydrogen (secondary N) is 1. The molecule has 0 amide bonds. The molecule has 1 N–H and O–H groups in total. The molecule has 0 radical (unpaired) electrons. The van der Waals surface area contributed by atoms with Crippen molar-refractivity contribution in [1.82, 2.24) is 4.98 Å². The highest BCUT2D eigenvalue weighted by Gasteiger charge is 2.20. The van der Waals surface area contributed by atoms with Gasteiger partial charge in [-0.15, -0.1) is 11.8 Å². The second kappa shape index (κ2) is 6.57. The summed E-state index contributed by atoms with van der Waals surface area (Å²) in [5.41, 5.74) is 1.55. The van der Waals surface area contributed by atoms with Gasteiger partial charge in [0.1, 0.15) is 5.69 Å². The molecule has 0 atom stereocenters. The predicted molar refractivity (Wildman–Crippen MR) is 73.5 cm³/mol. The Hall–Kier alpha value is -2.09. The van der Waals surface area contributed by atoms with Crippen molar-refractivity contribution >= 4 is 23.7 Å². The smallest absolute Gasteiger partial charge is 0.254 e. The summed E-state index contributed by atoms with van der Waals surface area (Å²) >= 11 is 1.56. The Morgan fingerprint density at radius 1 is 1.05 bits per heavy atom. The number of pyridine rings is 1. The molecular formula is C13H9F4N3S. The molecule has 110 valence electrons. The Morgan fingerprint density at radius 2 is 1.62 bits per heavy atom. The molecule has 0 saturated heterocycles. The lowest BCUT2D eigenvalue weighted by molar-refractivity contribution is 0.411. The molecule has 8 heteroatoms. The molecule has 0 aliphatic carbocycles. The Kier molecular flexibility index (Phi) is 4.79. The van der Waals surface area contributed by atoms with E-state index in [0.29, 0.717) is 5.56 Å². The van der Waals surface area contributed by atoms with Crippen LogP contribution >= 0.6 is 11.8 Å². The first kappa shape index (κ1) is 15.3. The van der Waals surface area contributed by atoms with Gasteiger partial charge in [0.2, 0.25) is 11.6 Å². The van der Waals surface area contributed by atoms with Crippen molar-refractivity contribution in [3.8, 4) is 0 Å². The lowest BCUT2D eigenvalue weighted by Gasteiger charge is -2.04. The minimum Gasteiger partial charge on any atom is -0.272 e. The van der Waals surface area contributed by atoms with Crippen molar-refractivity contribution in [2.45, 2.75) is 4.90 Å². The second-order valence-corrected chi connectivity index (χ2v) is 4.72. The Balaban J connectivity index is 2.17. The lowest BCUT2D eigenvalue weighted by Crippen LogP contribution is -2.05. The fourth-order valence-corrected chi connectivity index (χ4v) is 1.85. The van der Waals surface area contributed by atoms with E-state index in [2.05, 4.69) is 10.1 Å². The molecule has 0 unspecified atom stereocenters. The molecule has 0 fully saturated rings. The van der Waals surface area contributed by atoms with Crippen molar-refractivity contribution in [2.75, 3.05) is 11.7 Å². The summed E-state index contributed by atoms with van der Waals surface area (Å²) in [6, 6.07) is 7.13. The molecule has 0 aliphatic rings. The summed E-state index contributed by atoms with van der Waals surface area (Å²) < 4.78 is 52.3. The Labute approximate surface area is 122 Å². The van der Waals surface area contributed by atoms with Crippen LogP contribution in [0.25, 0.3) is 0 Å². The van der Waals surface area contributed by atoms with Gasteiger partial charge >= 0.3 is 0 Å². The molecule has 0 saturated carbocycles. The highest BCUT2D eigenvalue weighted by atomic mass is 32.2. The lowest BCUT2D eigenvalue weighted by atomic mass is 10.2. The highest BCUT2D eigenvalue weighted by Crippen LogP contribution is 2.21. The molecule has 2 aromatic rings. The van der Waals surface area contributed by atoms with E-state index in [4.69, 9.17) is 0 Å². The van der Waals surface area contributed by atoms with Crippen LogP contribution < -0.4 is 5.43 Å². The molecule has 1 aromatic heterocycles. The van der Waals surface area contributed by atoms with Crippen LogP contribution in [-0.4, -0.2) is 17.5 Å².